The summed E-state index contributed by atoms with van der Waals surface area (Å²) in [5.74, 6) is 1.84. The summed E-state index contributed by atoms with van der Waals surface area (Å²) in [4.78, 5) is 26.2. The van der Waals surface area contributed by atoms with Crippen molar-refractivity contribution in [3.8, 4) is 0 Å². The van der Waals surface area contributed by atoms with Crippen LogP contribution < -0.4 is 5.32 Å². The summed E-state index contributed by atoms with van der Waals surface area (Å²) in [6.07, 6.45) is 11.9. The number of carbonyl (C=O) groups is 1. The van der Waals surface area contributed by atoms with Crippen LogP contribution in [0.4, 0.5) is 0 Å². The lowest BCUT2D eigenvalue weighted by Crippen LogP contribution is -2.60. The molecule has 1 aromatic rings. The standard InChI is InChI=1S/C33H47BrClN5O/c1-22(2)30-21-39(15-16-40(30)31(41)17-23-7-11-36-12-8-23)28-9-13-38(14-10-28)33-29-6-5-27(35)19-24(29)3-4-25-18-26(34)20-37-32(25)33/h5-6,18-20,22-23,25,28,30,32-33,36H,3-4,7-17,21H2,1-2H3/t25?,30-,32?,33?/m1/s1. The average Bonchev–Trinajstić information content (AvgIpc) is 3.13. The van der Waals surface area contributed by atoms with Crippen LogP contribution in [0, 0.1) is 17.8 Å². The van der Waals surface area contributed by atoms with E-state index in [1.54, 1.807) is 0 Å². The fourth-order valence-corrected chi connectivity index (χ4v) is 8.86. The molecule has 6 nitrogen and oxygen atoms in total. The summed E-state index contributed by atoms with van der Waals surface area (Å²) in [6, 6.07) is 7.96. The molecule has 3 fully saturated rings. The highest BCUT2D eigenvalue weighted by atomic mass is 79.9. The minimum absolute atomic E-state index is 0.245. The van der Waals surface area contributed by atoms with Gasteiger partial charge in [-0.15, -0.1) is 0 Å². The number of allylic oxidation sites excluding steroid dienone is 1. The van der Waals surface area contributed by atoms with Gasteiger partial charge in [0.2, 0.25) is 5.91 Å². The second-order valence-corrected chi connectivity index (χ2v) is 14.7. The van der Waals surface area contributed by atoms with E-state index in [2.05, 4.69) is 74.1 Å². The monoisotopic (exact) mass is 643 g/mol. The van der Waals surface area contributed by atoms with Gasteiger partial charge in [0, 0.05) is 72.9 Å². The van der Waals surface area contributed by atoms with Crippen LogP contribution in [0.25, 0.3) is 0 Å². The number of dihydropyridines is 1. The molecule has 6 rings (SSSR count). The van der Waals surface area contributed by atoms with Gasteiger partial charge in [-0.1, -0.05) is 37.6 Å². The highest BCUT2D eigenvalue weighted by Crippen LogP contribution is 2.42. The zero-order valence-electron chi connectivity index (χ0n) is 24.8. The second-order valence-electron chi connectivity index (χ2n) is 13.4. The molecule has 0 aromatic heterocycles. The molecule has 1 N–H and O–H groups in total. The summed E-state index contributed by atoms with van der Waals surface area (Å²) >= 11 is 10.1. The molecule has 3 unspecified atom stereocenters. The van der Waals surface area contributed by atoms with Gasteiger partial charge < -0.3 is 10.2 Å². The zero-order valence-corrected chi connectivity index (χ0v) is 27.1. The van der Waals surface area contributed by atoms with Crippen LogP contribution in [-0.2, 0) is 11.2 Å². The van der Waals surface area contributed by atoms with Crippen LogP contribution in [0.15, 0.2) is 33.7 Å². The van der Waals surface area contributed by atoms with Crippen LogP contribution in [0.2, 0.25) is 5.02 Å². The smallest absolute Gasteiger partial charge is 0.223 e. The fraction of sp³-hybridized carbons (Fsp3) is 0.697. The molecular formula is C33H47BrClN5O. The Morgan fingerprint density at radius 1 is 1.07 bits per heavy atom. The molecule has 0 radical (unpaired) electrons. The van der Waals surface area contributed by atoms with Gasteiger partial charge in [0.05, 0.1) is 12.1 Å². The molecular weight excluding hydrogens is 598 g/mol. The third kappa shape index (κ3) is 6.64. The first kappa shape index (κ1) is 29.8. The molecule has 1 aromatic carbocycles. The number of aliphatic imine (C=N–C) groups is 1. The third-order valence-electron chi connectivity index (χ3n) is 10.5. The number of piperazine rings is 1. The maximum absolute atomic E-state index is 13.4. The Kier molecular flexibility index (Phi) is 9.57. The quantitative estimate of drug-likeness (QED) is 0.447. The number of nitrogens with one attached hydrogen (secondary N) is 1. The molecule has 41 heavy (non-hydrogen) atoms. The molecule has 8 heteroatoms. The van der Waals surface area contributed by atoms with Crippen molar-refractivity contribution in [2.24, 2.45) is 22.7 Å². The molecule has 0 saturated carbocycles. The van der Waals surface area contributed by atoms with E-state index in [1.807, 2.05) is 6.21 Å². The Bertz CT molecular complexity index is 1140. The van der Waals surface area contributed by atoms with Gasteiger partial charge in [-0.3, -0.25) is 19.6 Å². The van der Waals surface area contributed by atoms with Crippen molar-refractivity contribution in [2.75, 3.05) is 45.8 Å². The highest BCUT2D eigenvalue weighted by Gasteiger charge is 2.41. The Balaban J connectivity index is 1.12. The number of likely N-dealkylation sites (tertiary alicyclic amines) is 1. The lowest BCUT2D eigenvalue weighted by Gasteiger charge is -2.49. The molecule has 0 bridgehead atoms. The minimum Gasteiger partial charge on any atom is -0.337 e. The Labute approximate surface area is 260 Å². The normalized spacial score (nSPS) is 30.6. The van der Waals surface area contributed by atoms with Gasteiger partial charge >= 0.3 is 0 Å². The summed E-state index contributed by atoms with van der Waals surface area (Å²) in [6.45, 7) is 11.8. The van der Waals surface area contributed by atoms with E-state index >= 15 is 0 Å². The highest BCUT2D eigenvalue weighted by molar-refractivity contribution is 9.12. The predicted octanol–water partition coefficient (Wildman–Crippen LogP) is 5.70. The number of halogens is 2. The predicted molar refractivity (Wildman–Crippen MR) is 172 cm³/mol. The van der Waals surface area contributed by atoms with Crippen LogP contribution in [0.5, 0.6) is 0 Å². The number of hydrogen-bond acceptors (Lipinski definition) is 5. The first-order valence-electron chi connectivity index (χ1n) is 16.0. The van der Waals surface area contributed by atoms with Crippen molar-refractivity contribution >= 4 is 39.7 Å². The van der Waals surface area contributed by atoms with E-state index < -0.39 is 0 Å². The van der Waals surface area contributed by atoms with Crippen LogP contribution in [0.1, 0.15) is 69.5 Å². The van der Waals surface area contributed by atoms with Crippen molar-refractivity contribution in [1.82, 2.24) is 20.0 Å². The summed E-state index contributed by atoms with van der Waals surface area (Å²) < 4.78 is 1.10. The zero-order chi connectivity index (χ0) is 28.5. The van der Waals surface area contributed by atoms with E-state index in [9.17, 15) is 4.79 Å². The van der Waals surface area contributed by atoms with E-state index in [4.69, 9.17) is 16.6 Å². The Morgan fingerprint density at radius 3 is 2.61 bits per heavy atom. The largest absolute Gasteiger partial charge is 0.337 e. The maximum atomic E-state index is 13.4. The van der Waals surface area contributed by atoms with Crippen LogP contribution in [0.3, 0.4) is 0 Å². The number of fused-ring (bicyclic) bond motifs is 2. The number of benzene rings is 1. The molecule has 1 amide bonds. The molecule has 4 aliphatic heterocycles. The van der Waals surface area contributed by atoms with Gasteiger partial charge in [0.1, 0.15) is 0 Å². The van der Waals surface area contributed by atoms with Crippen molar-refractivity contribution < 1.29 is 4.79 Å². The van der Waals surface area contributed by atoms with Gasteiger partial charge in [-0.05, 0) is 103 Å². The van der Waals surface area contributed by atoms with Crippen molar-refractivity contribution in [3.05, 3.63) is 44.9 Å². The van der Waals surface area contributed by atoms with Crippen LogP contribution in [-0.4, -0.2) is 90.8 Å². The molecule has 3 saturated heterocycles. The van der Waals surface area contributed by atoms with Crippen molar-refractivity contribution in [3.63, 3.8) is 0 Å². The number of piperidine rings is 2. The number of hydrogen-bond donors (Lipinski definition) is 1. The van der Waals surface area contributed by atoms with Crippen molar-refractivity contribution in [2.45, 2.75) is 83.0 Å². The average molecular weight is 645 g/mol. The van der Waals surface area contributed by atoms with E-state index in [-0.39, 0.29) is 12.1 Å². The molecule has 5 aliphatic rings. The SMILES string of the molecule is CC(C)[C@H]1CN(C2CCN(C3c4ccc(Cl)cc4CCC4C=C(Br)C=NC43)CC2)CCN1C(=O)CC1CCNCC1. The topological polar surface area (TPSA) is 51.2 Å². The molecule has 224 valence electrons. The summed E-state index contributed by atoms with van der Waals surface area (Å²) in [7, 11) is 0. The molecule has 1 aliphatic carbocycles. The fourth-order valence-electron chi connectivity index (χ4n) is 8.21. The molecule has 4 atom stereocenters. The second kappa shape index (κ2) is 13.2. The first-order valence-corrected chi connectivity index (χ1v) is 17.2. The third-order valence-corrected chi connectivity index (χ3v) is 11.3. The Morgan fingerprint density at radius 2 is 1.85 bits per heavy atom. The number of rotatable bonds is 5. The molecule has 4 heterocycles. The number of carbonyl (C=O) groups excluding carboxylic acids is 1. The van der Waals surface area contributed by atoms with E-state index in [0.717, 1.165) is 87.4 Å². The number of amides is 1. The van der Waals surface area contributed by atoms with Gasteiger partial charge in [-0.25, -0.2) is 0 Å². The molecule has 0 spiro atoms. The first-order chi connectivity index (χ1) is 19.9. The van der Waals surface area contributed by atoms with Gasteiger partial charge in [-0.2, -0.15) is 0 Å². The lowest BCUT2D eigenvalue weighted by atomic mass is 9.86. The van der Waals surface area contributed by atoms with Crippen LogP contribution >= 0.6 is 27.5 Å². The summed E-state index contributed by atoms with van der Waals surface area (Å²) in [5, 5.41) is 4.27. The maximum Gasteiger partial charge on any atom is 0.223 e. The minimum atomic E-state index is 0.245. The van der Waals surface area contributed by atoms with Gasteiger partial charge in [0.25, 0.3) is 0 Å². The van der Waals surface area contributed by atoms with E-state index in [0.29, 0.717) is 35.7 Å². The number of nitrogens with zero attached hydrogens (tertiary/aromatic N) is 4. The number of aryl methyl sites for hydroxylation is 1. The van der Waals surface area contributed by atoms with Gasteiger partial charge in [0.15, 0.2) is 0 Å². The van der Waals surface area contributed by atoms with E-state index in [1.165, 1.54) is 24.0 Å². The summed E-state index contributed by atoms with van der Waals surface area (Å²) in [5.41, 5.74) is 2.81. The van der Waals surface area contributed by atoms with Crippen molar-refractivity contribution in [1.29, 1.82) is 0 Å². The lowest BCUT2D eigenvalue weighted by molar-refractivity contribution is -0.139. The Hall–Kier alpha value is -1.25.